The smallest absolute Gasteiger partial charge is 0.417 e. The van der Waals surface area contributed by atoms with Crippen molar-refractivity contribution in [1.82, 2.24) is 4.98 Å². The number of ether oxygens (including phenoxy) is 2. The maximum atomic E-state index is 13.9. The van der Waals surface area contributed by atoms with Gasteiger partial charge in [-0.15, -0.1) is 0 Å². The number of alkyl halides is 3. The van der Waals surface area contributed by atoms with Crippen LogP contribution in [0.3, 0.4) is 0 Å². The molecule has 1 saturated heterocycles. The molecule has 0 aliphatic carbocycles. The van der Waals surface area contributed by atoms with E-state index in [0.29, 0.717) is 0 Å². The lowest BCUT2D eigenvalue weighted by Crippen LogP contribution is -2.43. The van der Waals surface area contributed by atoms with Crippen molar-refractivity contribution in [2.24, 2.45) is 5.73 Å². The Kier molecular flexibility index (Phi) is 6.34. The molecule has 1 fully saturated rings. The molecule has 1 aliphatic rings. The van der Waals surface area contributed by atoms with Gasteiger partial charge in [-0.25, -0.2) is 4.39 Å². The monoisotopic (exact) mass is 475 g/mol. The summed E-state index contributed by atoms with van der Waals surface area (Å²) in [5.41, 5.74) is 2.49. The van der Waals surface area contributed by atoms with Gasteiger partial charge >= 0.3 is 6.18 Å². The van der Waals surface area contributed by atoms with Crippen LogP contribution in [0.1, 0.15) is 35.3 Å². The van der Waals surface area contributed by atoms with Crippen LogP contribution in [-0.2, 0) is 9.53 Å². The van der Waals surface area contributed by atoms with Gasteiger partial charge in [0.15, 0.2) is 5.60 Å². The second-order valence-electron chi connectivity index (χ2n) is 7.34. The van der Waals surface area contributed by atoms with Gasteiger partial charge in [0.1, 0.15) is 28.4 Å². The SMILES string of the molecule is COc1c(C2C[C@@](C)(C(F)(F)F)O[C@H]2C(=O)Nc2ccnc(C(N)=O)c2)ccc(F)c1Cl. The quantitative estimate of drug-likeness (QED) is 0.640. The zero-order valence-corrected chi connectivity index (χ0v) is 17.6. The first kappa shape index (κ1) is 23.7. The van der Waals surface area contributed by atoms with Crippen LogP contribution in [0.2, 0.25) is 5.02 Å². The summed E-state index contributed by atoms with van der Waals surface area (Å²) >= 11 is 5.93. The normalized spacial score (nSPS) is 23.1. The van der Waals surface area contributed by atoms with Crippen LogP contribution in [-0.4, -0.2) is 41.8 Å². The molecule has 2 aromatic rings. The summed E-state index contributed by atoms with van der Waals surface area (Å²) < 4.78 is 65.4. The van der Waals surface area contributed by atoms with Crippen LogP contribution < -0.4 is 15.8 Å². The third-order valence-corrected chi connectivity index (χ3v) is 5.54. The number of carbonyl (C=O) groups excluding carboxylic acids is 2. The number of hydrogen-bond acceptors (Lipinski definition) is 5. The Bertz CT molecular complexity index is 1070. The molecule has 0 spiro atoms. The molecule has 32 heavy (non-hydrogen) atoms. The zero-order chi connectivity index (χ0) is 23.8. The van der Waals surface area contributed by atoms with Crippen LogP contribution in [0.4, 0.5) is 23.2 Å². The van der Waals surface area contributed by atoms with Gasteiger partial charge in [0.25, 0.3) is 11.8 Å². The summed E-state index contributed by atoms with van der Waals surface area (Å²) in [5.74, 6) is -3.98. The van der Waals surface area contributed by atoms with Gasteiger partial charge in [-0.05, 0) is 31.5 Å². The molecule has 172 valence electrons. The summed E-state index contributed by atoms with van der Waals surface area (Å²) in [5, 5.41) is 1.98. The molecule has 3 atom stereocenters. The van der Waals surface area contributed by atoms with Gasteiger partial charge < -0.3 is 20.5 Å². The topological polar surface area (TPSA) is 104 Å². The molecule has 2 heterocycles. The predicted octanol–water partition coefficient (Wildman–Crippen LogP) is 3.81. The minimum Gasteiger partial charge on any atom is -0.495 e. The van der Waals surface area contributed by atoms with Gasteiger partial charge in [0.05, 0.1) is 7.11 Å². The minimum absolute atomic E-state index is 0.0749. The largest absolute Gasteiger partial charge is 0.495 e. The zero-order valence-electron chi connectivity index (χ0n) is 16.8. The summed E-state index contributed by atoms with van der Waals surface area (Å²) in [6, 6.07) is 4.67. The van der Waals surface area contributed by atoms with Crippen LogP contribution in [0.15, 0.2) is 30.5 Å². The van der Waals surface area contributed by atoms with Crippen molar-refractivity contribution >= 4 is 29.1 Å². The highest BCUT2D eigenvalue weighted by atomic mass is 35.5. The lowest BCUT2D eigenvalue weighted by atomic mass is 9.86. The number of benzene rings is 1. The average Bonchev–Trinajstić information content (AvgIpc) is 3.09. The highest BCUT2D eigenvalue weighted by Crippen LogP contribution is 2.52. The van der Waals surface area contributed by atoms with Gasteiger partial charge in [0, 0.05) is 23.4 Å². The van der Waals surface area contributed by atoms with E-state index >= 15 is 0 Å². The number of aromatic nitrogens is 1. The summed E-state index contributed by atoms with van der Waals surface area (Å²) in [6.07, 6.45) is -5.88. The summed E-state index contributed by atoms with van der Waals surface area (Å²) in [6.45, 7) is 0.822. The Morgan fingerprint density at radius 1 is 1.34 bits per heavy atom. The number of primary amides is 1. The number of nitrogens with one attached hydrogen (secondary N) is 1. The van der Waals surface area contributed by atoms with E-state index in [1.165, 1.54) is 31.5 Å². The molecule has 0 saturated carbocycles. The fourth-order valence-electron chi connectivity index (χ4n) is 3.53. The van der Waals surface area contributed by atoms with E-state index < -0.39 is 52.9 Å². The standard InChI is InChI=1S/C20H18ClF4N3O4/c1-19(20(23,24)25)8-11(10-3-4-12(22)14(21)15(10)31-2)16(32-19)18(30)28-9-5-6-27-13(7-9)17(26)29/h3-7,11,16H,8H2,1-2H3,(H2,26,29)(H,27,28,30)/t11?,16-,19+/m1/s1. The number of hydrogen-bond donors (Lipinski definition) is 2. The molecule has 1 unspecified atom stereocenters. The van der Waals surface area contributed by atoms with E-state index in [4.69, 9.17) is 26.8 Å². The number of anilines is 1. The maximum Gasteiger partial charge on any atom is 0.417 e. The van der Waals surface area contributed by atoms with Crippen molar-refractivity contribution in [3.63, 3.8) is 0 Å². The third kappa shape index (κ3) is 4.35. The second-order valence-corrected chi connectivity index (χ2v) is 7.72. The fraction of sp³-hybridized carbons (Fsp3) is 0.350. The number of nitrogens with zero attached hydrogens (tertiary/aromatic N) is 1. The highest BCUT2D eigenvalue weighted by molar-refractivity contribution is 6.32. The van der Waals surface area contributed by atoms with Gasteiger partial charge in [-0.1, -0.05) is 17.7 Å². The summed E-state index contributed by atoms with van der Waals surface area (Å²) in [4.78, 5) is 28.0. The molecule has 1 aromatic carbocycles. The van der Waals surface area contributed by atoms with E-state index in [9.17, 15) is 27.2 Å². The van der Waals surface area contributed by atoms with Gasteiger partial charge in [-0.3, -0.25) is 14.6 Å². The van der Waals surface area contributed by atoms with Crippen molar-refractivity contribution in [2.45, 2.75) is 37.1 Å². The molecule has 0 bridgehead atoms. The molecule has 1 aliphatic heterocycles. The average molecular weight is 476 g/mol. The maximum absolute atomic E-state index is 13.9. The van der Waals surface area contributed by atoms with Crippen LogP contribution >= 0.6 is 11.6 Å². The van der Waals surface area contributed by atoms with Gasteiger partial charge in [-0.2, -0.15) is 13.2 Å². The first-order valence-electron chi connectivity index (χ1n) is 9.21. The van der Waals surface area contributed by atoms with Crippen molar-refractivity contribution in [3.8, 4) is 5.75 Å². The predicted molar refractivity (Wildman–Crippen MR) is 106 cm³/mol. The molecule has 3 N–H and O–H groups in total. The number of halogens is 5. The second kappa shape index (κ2) is 8.55. The third-order valence-electron chi connectivity index (χ3n) is 5.18. The first-order valence-corrected chi connectivity index (χ1v) is 9.59. The van der Waals surface area contributed by atoms with Crippen molar-refractivity contribution in [2.75, 3.05) is 12.4 Å². The number of nitrogens with two attached hydrogens (primary N) is 1. The Morgan fingerprint density at radius 2 is 2.03 bits per heavy atom. The molecular formula is C20H18ClF4N3O4. The lowest BCUT2D eigenvalue weighted by molar-refractivity contribution is -0.261. The molecular weight excluding hydrogens is 458 g/mol. The molecule has 2 amide bonds. The van der Waals surface area contributed by atoms with E-state index in [2.05, 4.69) is 10.3 Å². The molecule has 7 nitrogen and oxygen atoms in total. The number of amides is 2. The van der Waals surface area contributed by atoms with Crippen LogP contribution in [0.25, 0.3) is 0 Å². The number of pyridine rings is 1. The van der Waals surface area contributed by atoms with Crippen LogP contribution in [0, 0.1) is 5.82 Å². The van der Waals surface area contributed by atoms with Crippen LogP contribution in [0.5, 0.6) is 5.75 Å². The minimum atomic E-state index is -4.80. The number of rotatable bonds is 5. The fourth-order valence-corrected chi connectivity index (χ4v) is 3.78. The Balaban J connectivity index is 2.01. The Morgan fingerprint density at radius 3 is 2.62 bits per heavy atom. The lowest BCUT2D eigenvalue weighted by Gasteiger charge is -2.27. The summed E-state index contributed by atoms with van der Waals surface area (Å²) in [7, 11) is 1.18. The van der Waals surface area contributed by atoms with E-state index in [1.54, 1.807) is 0 Å². The van der Waals surface area contributed by atoms with E-state index in [1.807, 2.05) is 0 Å². The molecule has 1 aromatic heterocycles. The highest BCUT2D eigenvalue weighted by Gasteiger charge is 2.61. The number of carbonyl (C=O) groups is 2. The van der Waals surface area contributed by atoms with E-state index in [0.717, 1.165) is 13.0 Å². The Hall–Kier alpha value is -2.92. The van der Waals surface area contributed by atoms with Gasteiger partial charge in [0.2, 0.25) is 0 Å². The molecule has 3 rings (SSSR count). The number of methoxy groups -OCH3 is 1. The molecule has 0 radical (unpaired) electrons. The van der Waals surface area contributed by atoms with Crippen molar-refractivity contribution < 1.29 is 36.6 Å². The van der Waals surface area contributed by atoms with Crippen molar-refractivity contribution in [3.05, 3.63) is 52.6 Å². The molecule has 12 heteroatoms. The first-order chi connectivity index (χ1) is 14.9. The van der Waals surface area contributed by atoms with E-state index in [-0.39, 0.29) is 22.7 Å². The Labute approximate surface area is 184 Å². The van der Waals surface area contributed by atoms with Crippen molar-refractivity contribution in [1.29, 1.82) is 0 Å².